The summed E-state index contributed by atoms with van der Waals surface area (Å²) >= 11 is 0. The van der Waals surface area contributed by atoms with Crippen molar-refractivity contribution in [3.8, 4) is 0 Å². The standard InChI is InChI=1S/C18H35N3O10/c1-5-8(3-22)28-18(11(5)24)31-16-12(25)6(19)2-7(20)15(16)30-17-10(21)14(27)13(26)9(4-23)29-17/h5-18,22-27H,2-4,19-21H2,1H3/t5-,6-,7+,8-,9-,10?,11-,12+,13-,14-,15-,16-,17-,18+/m1/s1. The first-order valence-electron chi connectivity index (χ1n) is 10.4. The normalized spacial score (nSPS) is 53.6. The van der Waals surface area contributed by atoms with Gasteiger partial charge < -0.3 is 66.8 Å². The average molecular weight is 453 g/mol. The molecule has 31 heavy (non-hydrogen) atoms. The summed E-state index contributed by atoms with van der Waals surface area (Å²) < 4.78 is 22.8. The smallest absolute Gasteiger partial charge is 0.184 e. The quantitative estimate of drug-likeness (QED) is 0.183. The third-order valence-electron chi connectivity index (χ3n) is 6.47. The fourth-order valence-electron chi connectivity index (χ4n) is 4.31. The Bertz CT molecular complexity index is 589. The topological polar surface area (TPSA) is 236 Å². The van der Waals surface area contributed by atoms with E-state index in [-0.39, 0.29) is 13.0 Å². The molecule has 0 bridgehead atoms. The van der Waals surface area contributed by atoms with E-state index in [1.165, 1.54) is 0 Å². The molecular formula is C18H35N3O10. The maximum Gasteiger partial charge on any atom is 0.184 e. The maximum absolute atomic E-state index is 10.7. The van der Waals surface area contributed by atoms with Crippen LogP contribution in [0.5, 0.6) is 0 Å². The lowest BCUT2D eigenvalue weighted by Crippen LogP contribution is -2.68. The van der Waals surface area contributed by atoms with Gasteiger partial charge in [0.05, 0.1) is 31.5 Å². The van der Waals surface area contributed by atoms with Crippen LogP contribution in [0.25, 0.3) is 0 Å². The Labute approximate surface area is 179 Å². The fraction of sp³-hybridized carbons (Fsp3) is 1.00. The van der Waals surface area contributed by atoms with Crippen LogP contribution < -0.4 is 17.2 Å². The Morgan fingerprint density at radius 3 is 1.90 bits per heavy atom. The van der Waals surface area contributed by atoms with Gasteiger partial charge in [0, 0.05) is 18.0 Å². The Morgan fingerprint density at radius 2 is 1.32 bits per heavy atom. The van der Waals surface area contributed by atoms with Gasteiger partial charge in [0.2, 0.25) is 0 Å². The number of hydrogen-bond donors (Lipinski definition) is 9. The van der Waals surface area contributed by atoms with Gasteiger partial charge in [-0.15, -0.1) is 0 Å². The number of aliphatic hydroxyl groups excluding tert-OH is 6. The van der Waals surface area contributed by atoms with E-state index < -0.39 is 92.1 Å². The Balaban J connectivity index is 1.78. The van der Waals surface area contributed by atoms with Gasteiger partial charge in [-0.3, -0.25) is 0 Å². The van der Waals surface area contributed by atoms with E-state index >= 15 is 0 Å². The van der Waals surface area contributed by atoms with E-state index in [9.17, 15) is 30.6 Å². The molecule has 0 spiro atoms. The molecule has 1 aliphatic carbocycles. The summed E-state index contributed by atoms with van der Waals surface area (Å²) in [5, 5.41) is 60.0. The lowest BCUT2D eigenvalue weighted by Gasteiger charge is -2.47. The van der Waals surface area contributed by atoms with Gasteiger partial charge in [-0.05, 0) is 6.42 Å². The average Bonchev–Trinajstić information content (AvgIpc) is 3.02. The molecule has 0 aromatic heterocycles. The van der Waals surface area contributed by atoms with Crippen molar-refractivity contribution in [1.29, 1.82) is 0 Å². The maximum atomic E-state index is 10.7. The molecule has 2 saturated heterocycles. The minimum absolute atomic E-state index is 0.173. The summed E-state index contributed by atoms with van der Waals surface area (Å²) in [4.78, 5) is 0. The van der Waals surface area contributed by atoms with Crippen molar-refractivity contribution in [2.75, 3.05) is 13.2 Å². The Morgan fingerprint density at radius 1 is 0.742 bits per heavy atom. The molecule has 2 heterocycles. The molecule has 12 N–H and O–H groups in total. The van der Waals surface area contributed by atoms with Crippen LogP contribution >= 0.6 is 0 Å². The fourth-order valence-corrected chi connectivity index (χ4v) is 4.31. The molecule has 3 aliphatic rings. The highest BCUT2D eigenvalue weighted by Crippen LogP contribution is 2.33. The minimum atomic E-state index is -1.44. The summed E-state index contributed by atoms with van der Waals surface area (Å²) in [6.07, 6.45) is -11.4. The summed E-state index contributed by atoms with van der Waals surface area (Å²) in [5.74, 6) is -0.422. The van der Waals surface area contributed by atoms with Crippen molar-refractivity contribution >= 4 is 0 Å². The molecule has 13 heteroatoms. The second kappa shape index (κ2) is 10.2. The molecule has 14 atom stereocenters. The third-order valence-corrected chi connectivity index (χ3v) is 6.47. The van der Waals surface area contributed by atoms with Crippen molar-refractivity contribution in [3.05, 3.63) is 0 Å². The van der Waals surface area contributed by atoms with Gasteiger partial charge >= 0.3 is 0 Å². The Hall–Kier alpha value is -0.520. The van der Waals surface area contributed by atoms with Crippen LogP contribution in [-0.4, -0.2) is 123 Å². The van der Waals surface area contributed by atoms with Crippen molar-refractivity contribution in [2.45, 2.75) is 92.9 Å². The number of rotatable bonds is 6. The number of nitrogens with two attached hydrogens (primary N) is 3. The van der Waals surface area contributed by atoms with E-state index in [2.05, 4.69) is 0 Å². The highest BCUT2D eigenvalue weighted by atomic mass is 16.7. The molecule has 182 valence electrons. The first kappa shape index (κ1) is 25.1. The summed E-state index contributed by atoms with van der Waals surface area (Å²) in [6, 6.07) is -2.66. The Kier molecular flexibility index (Phi) is 8.24. The largest absolute Gasteiger partial charge is 0.394 e. The van der Waals surface area contributed by atoms with Crippen LogP contribution in [0.2, 0.25) is 0 Å². The highest BCUT2D eigenvalue weighted by Gasteiger charge is 2.51. The third kappa shape index (κ3) is 4.89. The second-order valence-corrected chi connectivity index (χ2v) is 8.61. The van der Waals surface area contributed by atoms with E-state index in [1.807, 2.05) is 0 Å². The van der Waals surface area contributed by atoms with E-state index in [4.69, 9.17) is 36.1 Å². The van der Waals surface area contributed by atoms with Gasteiger partial charge in [0.1, 0.15) is 36.6 Å². The van der Waals surface area contributed by atoms with Crippen molar-refractivity contribution in [1.82, 2.24) is 0 Å². The van der Waals surface area contributed by atoms with E-state index in [0.29, 0.717) is 0 Å². The molecular weight excluding hydrogens is 418 g/mol. The zero-order valence-electron chi connectivity index (χ0n) is 17.3. The summed E-state index contributed by atoms with van der Waals surface area (Å²) in [5.41, 5.74) is 18.1. The van der Waals surface area contributed by atoms with Crippen molar-refractivity contribution in [2.24, 2.45) is 23.1 Å². The summed E-state index contributed by atoms with van der Waals surface area (Å²) in [7, 11) is 0. The van der Waals surface area contributed by atoms with Crippen LogP contribution in [0.15, 0.2) is 0 Å². The number of ether oxygens (including phenoxy) is 4. The first-order chi connectivity index (χ1) is 14.6. The van der Waals surface area contributed by atoms with E-state index in [0.717, 1.165) is 0 Å². The predicted molar refractivity (Wildman–Crippen MR) is 103 cm³/mol. The lowest BCUT2D eigenvalue weighted by atomic mass is 9.84. The number of aliphatic hydroxyl groups is 6. The lowest BCUT2D eigenvalue weighted by molar-refractivity contribution is -0.310. The molecule has 0 aromatic carbocycles. The second-order valence-electron chi connectivity index (χ2n) is 8.61. The molecule has 0 aromatic rings. The molecule has 2 aliphatic heterocycles. The van der Waals surface area contributed by atoms with Gasteiger partial charge in [-0.1, -0.05) is 6.92 Å². The van der Waals surface area contributed by atoms with Gasteiger partial charge in [-0.2, -0.15) is 0 Å². The van der Waals surface area contributed by atoms with Crippen molar-refractivity contribution < 1.29 is 49.6 Å². The van der Waals surface area contributed by atoms with Crippen LogP contribution in [0.4, 0.5) is 0 Å². The zero-order chi connectivity index (χ0) is 23.0. The number of hydrogen-bond acceptors (Lipinski definition) is 13. The van der Waals surface area contributed by atoms with Crippen LogP contribution in [-0.2, 0) is 18.9 Å². The molecule has 0 radical (unpaired) electrons. The first-order valence-corrected chi connectivity index (χ1v) is 10.4. The molecule has 3 fully saturated rings. The van der Waals surface area contributed by atoms with Crippen molar-refractivity contribution in [3.63, 3.8) is 0 Å². The van der Waals surface area contributed by atoms with Gasteiger partial charge in [0.25, 0.3) is 0 Å². The zero-order valence-corrected chi connectivity index (χ0v) is 17.3. The van der Waals surface area contributed by atoms with Gasteiger partial charge in [-0.25, -0.2) is 0 Å². The van der Waals surface area contributed by atoms with Crippen LogP contribution in [0.1, 0.15) is 13.3 Å². The molecule has 13 nitrogen and oxygen atoms in total. The highest BCUT2D eigenvalue weighted by molar-refractivity contribution is 5.01. The summed E-state index contributed by atoms with van der Waals surface area (Å²) in [6.45, 7) is 0.781. The SMILES string of the molecule is C[C@H]1[C@@H](O)[C@H](O[C@@H]2[C@@H](O)[C@H](N)C[C@H](N)[C@H]2O[C@H]2O[C@H](CO)[C@@H](O)[C@H](O)C2N)O[C@@H]1CO. The monoisotopic (exact) mass is 453 g/mol. The molecule has 3 rings (SSSR count). The van der Waals surface area contributed by atoms with E-state index in [1.54, 1.807) is 6.92 Å². The molecule has 1 unspecified atom stereocenters. The van der Waals surface area contributed by atoms with Gasteiger partial charge in [0.15, 0.2) is 12.6 Å². The molecule has 0 amide bonds. The van der Waals surface area contributed by atoms with Crippen LogP contribution in [0, 0.1) is 5.92 Å². The van der Waals surface area contributed by atoms with Crippen LogP contribution in [0.3, 0.4) is 0 Å². The minimum Gasteiger partial charge on any atom is -0.394 e. The predicted octanol–water partition coefficient (Wildman–Crippen LogP) is -5.34. The molecule has 1 saturated carbocycles.